The van der Waals surface area contributed by atoms with Gasteiger partial charge >= 0.3 is 5.97 Å². The summed E-state index contributed by atoms with van der Waals surface area (Å²) >= 11 is 0. The molecule has 34 heavy (non-hydrogen) atoms. The molecule has 3 aromatic carbocycles. The number of pyridine rings is 1. The van der Waals surface area contributed by atoms with Crippen LogP contribution >= 0.6 is 0 Å². The molecular formula is C27H22N2O4S. The number of hydrogen-bond acceptors (Lipinski definition) is 5. The number of esters is 1. The smallest absolute Gasteiger partial charge is 0.331 e. The molecule has 0 unspecified atom stereocenters. The van der Waals surface area contributed by atoms with Crippen molar-refractivity contribution in [2.45, 2.75) is 17.9 Å². The number of hydrogen-bond donors (Lipinski definition) is 0. The van der Waals surface area contributed by atoms with E-state index in [-0.39, 0.29) is 11.5 Å². The van der Waals surface area contributed by atoms with Gasteiger partial charge in [0.2, 0.25) is 0 Å². The average molecular weight is 471 g/mol. The summed E-state index contributed by atoms with van der Waals surface area (Å²) in [6.07, 6.45) is 5.34. The second-order valence-electron chi connectivity index (χ2n) is 7.96. The summed E-state index contributed by atoms with van der Waals surface area (Å²) in [6.45, 7) is 0.549. The average Bonchev–Trinajstić information content (AvgIpc) is 3.31. The topological polar surface area (TPSA) is 76.6 Å². The molecule has 7 heteroatoms. The molecule has 1 aliphatic rings. The van der Waals surface area contributed by atoms with Gasteiger partial charge in [-0.05, 0) is 47.9 Å². The number of ether oxygens (including phenoxy) is 1. The van der Waals surface area contributed by atoms with Crippen LogP contribution in [0.1, 0.15) is 16.7 Å². The van der Waals surface area contributed by atoms with Crippen LogP contribution in [0.4, 0.5) is 5.69 Å². The summed E-state index contributed by atoms with van der Waals surface area (Å²) in [4.78, 5) is 16.8. The first-order valence-corrected chi connectivity index (χ1v) is 12.3. The van der Waals surface area contributed by atoms with Crippen molar-refractivity contribution in [1.29, 1.82) is 0 Å². The summed E-state index contributed by atoms with van der Waals surface area (Å²) in [7, 11) is -3.65. The maximum absolute atomic E-state index is 13.1. The van der Waals surface area contributed by atoms with E-state index in [0.717, 1.165) is 27.7 Å². The number of sulfonamides is 1. The molecule has 2 heterocycles. The van der Waals surface area contributed by atoms with Crippen molar-refractivity contribution in [3.8, 4) is 0 Å². The Balaban J connectivity index is 1.24. The maximum atomic E-state index is 13.1. The Morgan fingerprint density at radius 2 is 1.76 bits per heavy atom. The Labute approximate surface area is 198 Å². The summed E-state index contributed by atoms with van der Waals surface area (Å²) in [5.74, 6) is -0.488. The SMILES string of the molecule is O=C(/C=C/c1ccc(S(=O)(=O)N2CCc3ccccc32)cc1)OCc1cccc2cccnc12. The van der Waals surface area contributed by atoms with E-state index in [4.69, 9.17) is 4.74 Å². The normalized spacial score (nSPS) is 13.4. The lowest BCUT2D eigenvalue weighted by Gasteiger charge is -2.19. The maximum Gasteiger partial charge on any atom is 0.331 e. The van der Waals surface area contributed by atoms with Gasteiger partial charge in [0, 0.05) is 29.8 Å². The molecule has 4 aromatic rings. The highest BCUT2D eigenvalue weighted by molar-refractivity contribution is 7.92. The largest absolute Gasteiger partial charge is 0.458 e. The monoisotopic (exact) mass is 470 g/mol. The van der Waals surface area contributed by atoms with E-state index in [1.165, 1.54) is 10.4 Å². The summed E-state index contributed by atoms with van der Waals surface area (Å²) in [6, 6.07) is 23.6. The van der Waals surface area contributed by atoms with E-state index in [1.807, 2.05) is 54.6 Å². The fraction of sp³-hybridized carbons (Fsp3) is 0.111. The number of anilines is 1. The Morgan fingerprint density at radius 1 is 0.971 bits per heavy atom. The minimum Gasteiger partial charge on any atom is -0.458 e. The first-order chi connectivity index (χ1) is 16.5. The number of rotatable bonds is 6. The zero-order valence-corrected chi connectivity index (χ0v) is 19.1. The third-order valence-electron chi connectivity index (χ3n) is 5.81. The molecule has 1 aliphatic heterocycles. The lowest BCUT2D eigenvalue weighted by atomic mass is 10.1. The molecular weight excluding hydrogens is 448 g/mol. The molecule has 0 saturated carbocycles. The highest BCUT2D eigenvalue weighted by Crippen LogP contribution is 2.32. The number of carbonyl (C=O) groups excluding carboxylic acids is 1. The van der Waals surface area contributed by atoms with Gasteiger partial charge in [-0.3, -0.25) is 9.29 Å². The van der Waals surface area contributed by atoms with Gasteiger partial charge in [0.15, 0.2) is 0 Å². The second-order valence-corrected chi connectivity index (χ2v) is 9.82. The van der Waals surface area contributed by atoms with Gasteiger partial charge in [-0.1, -0.05) is 54.6 Å². The zero-order valence-electron chi connectivity index (χ0n) is 18.3. The molecule has 5 rings (SSSR count). The fourth-order valence-electron chi connectivity index (χ4n) is 4.08. The minimum absolute atomic E-state index is 0.117. The number of fused-ring (bicyclic) bond motifs is 2. The van der Waals surface area contributed by atoms with Crippen molar-refractivity contribution in [2.75, 3.05) is 10.8 Å². The quantitative estimate of drug-likeness (QED) is 0.300. The molecule has 0 aliphatic carbocycles. The van der Waals surface area contributed by atoms with Crippen LogP contribution in [-0.4, -0.2) is 25.9 Å². The van der Waals surface area contributed by atoms with Gasteiger partial charge in [0.1, 0.15) is 6.61 Å². The van der Waals surface area contributed by atoms with E-state index in [2.05, 4.69) is 4.98 Å². The van der Waals surface area contributed by atoms with Gasteiger partial charge in [0.05, 0.1) is 16.1 Å². The van der Waals surface area contributed by atoms with Crippen molar-refractivity contribution in [1.82, 2.24) is 4.98 Å². The molecule has 1 aromatic heterocycles. The fourth-order valence-corrected chi connectivity index (χ4v) is 5.58. The third-order valence-corrected chi connectivity index (χ3v) is 7.64. The first kappa shape index (κ1) is 21.9. The van der Waals surface area contributed by atoms with Crippen molar-refractivity contribution < 1.29 is 17.9 Å². The van der Waals surface area contributed by atoms with Crippen molar-refractivity contribution in [3.05, 3.63) is 108 Å². The van der Waals surface area contributed by atoms with E-state index in [9.17, 15) is 13.2 Å². The van der Waals surface area contributed by atoms with Gasteiger partial charge in [-0.2, -0.15) is 0 Å². The molecule has 0 saturated heterocycles. The predicted molar refractivity (Wildman–Crippen MR) is 132 cm³/mol. The zero-order chi connectivity index (χ0) is 23.5. The molecule has 0 N–H and O–H groups in total. The molecule has 0 radical (unpaired) electrons. The van der Waals surface area contributed by atoms with Crippen molar-refractivity contribution in [3.63, 3.8) is 0 Å². The van der Waals surface area contributed by atoms with Crippen LogP contribution in [0, 0.1) is 0 Å². The van der Waals surface area contributed by atoms with Crippen LogP contribution in [0.5, 0.6) is 0 Å². The minimum atomic E-state index is -3.65. The lowest BCUT2D eigenvalue weighted by Crippen LogP contribution is -2.29. The summed E-state index contributed by atoms with van der Waals surface area (Å²) in [5.41, 5.74) is 4.10. The van der Waals surface area contributed by atoms with Crippen LogP contribution in [0.15, 0.2) is 96.0 Å². The highest BCUT2D eigenvalue weighted by Gasteiger charge is 2.30. The standard InChI is InChI=1S/C27H22N2O4S/c30-26(33-19-23-7-3-6-22-8-4-17-28-27(22)23)15-12-20-10-13-24(14-11-20)34(31,32)29-18-16-21-5-1-2-9-25(21)29/h1-15,17H,16,18-19H2/b15-12+. The Morgan fingerprint density at radius 3 is 2.62 bits per heavy atom. The number of para-hydroxylation sites is 2. The Hall–Kier alpha value is -3.97. The second kappa shape index (κ2) is 9.11. The molecule has 0 bridgehead atoms. The molecule has 170 valence electrons. The summed E-state index contributed by atoms with van der Waals surface area (Å²) < 4.78 is 33.1. The van der Waals surface area contributed by atoms with E-state index >= 15 is 0 Å². The number of aromatic nitrogens is 1. The number of nitrogens with zero attached hydrogens (tertiary/aromatic N) is 2. The lowest BCUT2D eigenvalue weighted by molar-refractivity contribution is -0.138. The Bertz CT molecular complexity index is 1490. The highest BCUT2D eigenvalue weighted by atomic mass is 32.2. The van der Waals surface area contributed by atoms with Crippen LogP contribution < -0.4 is 4.31 Å². The van der Waals surface area contributed by atoms with Gasteiger partial charge in [-0.25, -0.2) is 13.2 Å². The third kappa shape index (κ3) is 4.30. The van der Waals surface area contributed by atoms with Crippen LogP contribution in [0.25, 0.3) is 17.0 Å². The van der Waals surface area contributed by atoms with Crippen molar-refractivity contribution in [2.24, 2.45) is 0 Å². The molecule has 0 amide bonds. The molecule has 0 fully saturated rings. The van der Waals surface area contributed by atoms with Gasteiger partial charge in [-0.15, -0.1) is 0 Å². The number of benzene rings is 3. The molecule has 6 nitrogen and oxygen atoms in total. The predicted octanol–water partition coefficient (Wildman–Crippen LogP) is 4.74. The first-order valence-electron chi connectivity index (χ1n) is 10.9. The number of carbonyl (C=O) groups is 1. The van der Waals surface area contributed by atoms with Gasteiger partial charge in [0.25, 0.3) is 10.0 Å². The van der Waals surface area contributed by atoms with E-state index in [1.54, 1.807) is 36.5 Å². The van der Waals surface area contributed by atoms with Crippen molar-refractivity contribution >= 4 is 38.7 Å². The Kier molecular flexibility index (Phi) is 5.86. The van der Waals surface area contributed by atoms with E-state index in [0.29, 0.717) is 18.5 Å². The van der Waals surface area contributed by atoms with Gasteiger partial charge < -0.3 is 4.74 Å². The van der Waals surface area contributed by atoms with Crippen LogP contribution in [0.3, 0.4) is 0 Å². The molecule has 0 spiro atoms. The summed E-state index contributed by atoms with van der Waals surface area (Å²) in [5, 5.41) is 0.985. The van der Waals surface area contributed by atoms with Crippen LogP contribution in [-0.2, 0) is 32.6 Å². The molecule has 0 atom stereocenters. The van der Waals surface area contributed by atoms with Crippen LogP contribution in [0.2, 0.25) is 0 Å². The van der Waals surface area contributed by atoms with E-state index < -0.39 is 16.0 Å².